The molecule has 0 saturated carbocycles. The van der Waals surface area contributed by atoms with Crippen LogP contribution in [0, 0.1) is 5.92 Å². The van der Waals surface area contributed by atoms with Gasteiger partial charge in [0, 0.05) is 0 Å². The first-order valence-electron chi connectivity index (χ1n) is 6.88. The Bertz CT molecular complexity index is 556. The highest BCUT2D eigenvalue weighted by molar-refractivity contribution is 7.91. The van der Waals surface area contributed by atoms with Crippen LogP contribution in [0.15, 0.2) is 29.0 Å². The van der Waals surface area contributed by atoms with Gasteiger partial charge in [0.15, 0.2) is 0 Å². The third kappa shape index (κ3) is 5.38. The van der Waals surface area contributed by atoms with Crippen molar-refractivity contribution in [2.75, 3.05) is 0 Å². The smallest absolute Gasteiger partial charge is 0.250 e. The van der Waals surface area contributed by atoms with E-state index in [2.05, 4.69) is 11.3 Å². The number of thiophene rings is 1. The van der Waals surface area contributed by atoms with Crippen LogP contribution >= 0.6 is 22.9 Å². The van der Waals surface area contributed by atoms with Gasteiger partial charge in [0.05, 0.1) is 16.5 Å². The molecule has 7 heteroatoms. The van der Waals surface area contributed by atoms with Crippen LogP contribution < -0.4 is 4.72 Å². The number of aliphatic hydroxyl groups is 1. The molecule has 1 aromatic rings. The van der Waals surface area contributed by atoms with Crippen molar-refractivity contribution in [3.8, 4) is 0 Å². The summed E-state index contributed by atoms with van der Waals surface area (Å²) < 4.78 is 27.9. The Labute approximate surface area is 135 Å². The second-order valence-corrected chi connectivity index (χ2v) is 8.68. The van der Waals surface area contributed by atoms with E-state index in [4.69, 9.17) is 11.6 Å². The predicted octanol–water partition coefficient (Wildman–Crippen LogP) is 3.42. The average molecular weight is 352 g/mol. The molecule has 0 radical (unpaired) electrons. The molecule has 0 bridgehead atoms. The Morgan fingerprint density at radius 1 is 1.52 bits per heavy atom. The lowest BCUT2D eigenvalue weighted by Crippen LogP contribution is -2.47. The molecule has 0 aliphatic carbocycles. The molecule has 0 saturated heterocycles. The van der Waals surface area contributed by atoms with Gasteiger partial charge in [-0.15, -0.1) is 17.9 Å². The molecule has 2 unspecified atom stereocenters. The molecule has 120 valence electrons. The fourth-order valence-corrected chi connectivity index (χ4v) is 4.85. The van der Waals surface area contributed by atoms with Crippen molar-refractivity contribution in [2.45, 2.75) is 49.5 Å². The fraction of sp³-hybridized carbons (Fsp3) is 0.571. The second kappa shape index (κ2) is 8.29. The van der Waals surface area contributed by atoms with Crippen molar-refractivity contribution >= 4 is 33.0 Å². The Hall–Kier alpha value is -0.400. The molecular formula is C14H22ClNO3S2. The number of hydrogen-bond donors (Lipinski definition) is 2. The van der Waals surface area contributed by atoms with E-state index in [1.165, 1.54) is 6.07 Å². The minimum absolute atomic E-state index is 0.0232. The van der Waals surface area contributed by atoms with Crippen LogP contribution in [-0.4, -0.2) is 25.7 Å². The molecule has 0 amide bonds. The van der Waals surface area contributed by atoms with Gasteiger partial charge in [-0.1, -0.05) is 37.9 Å². The number of nitrogens with one attached hydrogen (secondary N) is 1. The van der Waals surface area contributed by atoms with Crippen LogP contribution in [0.3, 0.4) is 0 Å². The highest BCUT2D eigenvalue weighted by atomic mass is 35.5. The van der Waals surface area contributed by atoms with Gasteiger partial charge >= 0.3 is 0 Å². The Balaban J connectivity index is 2.92. The number of hydrogen-bond acceptors (Lipinski definition) is 4. The third-order valence-electron chi connectivity index (χ3n) is 3.44. The molecule has 21 heavy (non-hydrogen) atoms. The van der Waals surface area contributed by atoms with Crippen LogP contribution in [0.25, 0.3) is 0 Å². The Kier molecular flexibility index (Phi) is 7.36. The van der Waals surface area contributed by atoms with Crippen molar-refractivity contribution < 1.29 is 13.5 Å². The third-order valence-corrected chi connectivity index (χ3v) is 6.63. The standard InChI is InChI=1S/C14H22ClNO3S2/c1-4-6-7-11(17)14(10(3)5-2)16-21(18,19)13-9-8-12(15)20-13/h4,8-11,14,16-17H,1,5-7H2,2-3H3/t10-,11?,14?/m0/s1. The normalized spacial score (nSPS) is 16.4. The summed E-state index contributed by atoms with van der Waals surface area (Å²) in [7, 11) is -3.67. The SMILES string of the molecule is C=CCCC(O)C(NS(=O)(=O)c1ccc(Cl)s1)[C@@H](C)CC. The zero-order valence-electron chi connectivity index (χ0n) is 12.3. The van der Waals surface area contributed by atoms with Gasteiger partial charge in [0.1, 0.15) is 4.21 Å². The van der Waals surface area contributed by atoms with Gasteiger partial charge in [0.2, 0.25) is 10.0 Å². The number of aliphatic hydroxyl groups excluding tert-OH is 1. The van der Waals surface area contributed by atoms with E-state index in [0.29, 0.717) is 17.2 Å². The van der Waals surface area contributed by atoms with Gasteiger partial charge < -0.3 is 5.11 Å². The summed E-state index contributed by atoms with van der Waals surface area (Å²) in [6.07, 6.45) is 2.85. The van der Waals surface area contributed by atoms with Gasteiger partial charge in [-0.2, -0.15) is 0 Å². The maximum absolute atomic E-state index is 12.4. The van der Waals surface area contributed by atoms with Crippen LogP contribution in [0.4, 0.5) is 0 Å². The van der Waals surface area contributed by atoms with Crippen molar-refractivity contribution in [3.05, 3.63) is 29.1 Å². The van der Waals surface area contributed by atoms with E-state index < -0.39 is 22.2 Å². The van der Waals surface area contributed by atoms with E-state index >= 15 is 0 Å². The van der Waals surface area contributed by atoms with Crippen LogP contribution in [0.5, 0.6) is 0 Å². The average Bonchev–Trinajstić information content (AvgIpc) is 2.88. The van der Waals surface area contributed by atoms with E-state index in [9.17, 15) is 13.5 Å². The molecule has 0 aliphatic rings. The first-order chi connectivity index (χ1) is 9.81. The lowest BCUT2D eigenvalue weighted by molar-refractivity contribution is 0.104. The van der Waals surface area contributed by atoms with E-state index in [1.54, 1.807) is 12.1 Å². The van der Waals surface area contributed by atoms with Crippen LogP contribution in [0.1, 0.15) is 33.1 Å². The molecule has 0 aromatic carbocycles. The molecule has 0 fully saturated rings. The van der Waals surface area contributed by atoms with E-state index in [0.717, 1.165) is 17.8 Å². The first-order valence-corrected chi connectivity index (χ1v) is 9.56. The maximum atomic E-state index is 12.4. The van der Waals surface area contributed by atoms with Gasteiger partial charge in [-0.3, -0.25) is 0 Å². The zero-order valence-corrected chi connectivity index (χ0v) is 14.6. The second-order valence-electron chi connectivity index (χ2n) is 5.02. The van der Waals surface area contributed by atoms with Crippen LogP contribution in [-0.2, 0) is 10.0 Å². The van der Waals surface area contributed by atoms with E-state index in [1.807, 2.05) is 13.8 Å². The summed E-state index contributed by atoms with van der Waals surface area (Å²) >= 11 is 6.79. The number of sulfonamides is 1. The van der Waals surface area contributed by atoms with Gasteiger partial charge in [-0.05, 0) is 30.9 Å². The van der Waals surface area contributed by atoms with Crippen LogP contribution in [0.2, 0.25) is 4.34 Å². The highest BCUT2D eigenvalue weighted by Crippen LogP contribution is 2.26. The van der Waals surface area contributed by atoms with Gasteiger partial charge in [0.25, 0.3) is 0 Å². The summed E-state index contributed by atoms with van der Waals surface area (Å²) in [6.45, 7) is 7.51. The molecule has 1 aromatic heterocycles. The number of rotatable bonds is 9. The minimum atomic E-state index is -3.67. The summed E-state index contributed by atoms with van der Waals surface area (Å²) in [5.74, 6) is 0.0232. The minimum Gasteiger partial charge on any atom is -0.391 e. The number of halogens is 1. The van der Waals surface area contributed by atoms with Gasteiger partial charge in [-0.25, -0.2) is 13.1 Å². The topological polar surface area (TPSA) is 66.4 Å². The summed E-state index contributed by atoms with van der Waals surface area (Å²) in [4.78, 5) is 0. The number of allylic oxidation sites excluding steroid dienone is 1. The monoisotopic (exact) mass is 351 g/mol. The molecule has 0 spiro atoms. The first kappa shape index (κ1) is 18.6. The maximum Gasteiger partial charge on any atom is 0.250 e. The molecule has 1 rings (SSSR count). The fourth-order valence-electron chi connectivity index (χ4n) is 1.98. The van der Waals surface area contributed by atoms with Crippen molar-refractivity contribution in [1.29, 1.82) is 0 Å². The molecule has 0 aliphatic heterocycles. The largest absolute Gasteiger partial charge is 0.391 e. The highest BCUT2D eigenvalue weighted by Gasteiger charge is 2.29. The van der Waals surface area contributed by atoms with Crippen molar-refractivity contribution in [1.82, 2.24) is 4.72 Å². The van der Waals surface area contributed by atoms with Crippen molar-refractivity contribution in [3.63, 3.8) is 0 Å². The molecule has 4 nitrogen and oxygen atoms in total. The molecule has 3 atom stereocenters. The lowest BCUT2D eigenvalue weighted by atomic mass is 9.93. The predicted molar refractivity (Wildman–Crippen MR) is 88.3 cm³/mol. The summed E-state index contributed by atoms with van der Waals surface area (Å²) in [6, 6.07) is 2.49. The zero-order chi connectivity index (χ0) is 16.0. The van der Waals surface area contributed by atoms with E-state index in [-0.39, 0.29) is 10.1 Å². The quantitative estimate of drug-likeness (QED) is 0.670. The lowest BCUT2D eigenvalue weighted by Gasteiger charge is -2.28. The molecule has 1 heterocycles. The molecule has 2 N–H and O–H groups in total. The Morgan fingerprint density at radius 2 is 2.19 bits per heavy atom. The summed E-state index contributed by atoms with van der Waals surface area (Å²) in [5, 5.41) is 10.3. The Morgan fingerprint density at radius 3 is 2.67 bits per heavy atom. The molecular weight excluding hydrogens is 330 g/mol. The van der Waals surface area contributed by atoms with Crippen molar-refractivity contribution in [2.24, 2.45) is 5.92 Å². The summed E-state index contributed by atoms with van der Waals surface area (Å²) in [5.41, 5.74) is 0.